The molecule has 24 heavy (non-hydrogen) atoms. The lowest BCUT2D eigenvalue weighted by Crippen LogP contribution is -2.39. The van der Waals surface area contributed by atoms with E-state index in [2.05, 4.69) is 10.6 Å². The number of amides is 1. The number of halogens is 1. The summed E-state index contributed by atoms with van der Waals surface area (Å²) in [4.78, 5) is 11.9. The zero-order chi connectivity index (χ0) is 16.8. The fraction of sp³-hybridized carbons (Fsp3) is 0.316. The van der Waals surface area contributed by atoms with Gasteiger partial charge in [0.1, 0.15) is 18.2 Å². The summed E-state index contributed by atoms with van der Waals surface area (Å²) < 4.78 is 18.5. The molecule has 1 amide bonds. The molecule has 0 spiro atoms. The number of hydrogen-bond donors (Lipinski definition) is 2. The molecule has 2 N–H and O–H groups in total. The molecule has 0 saturated carbocycles. The van der Waals surface area contributed by atoms with Gasteiger partial charge in [-0.05, 0) is 54.8 Å². The van der Waals surface area contributed by atoms with E-state index in [-0.39, 0.29) is 17.8 Å². The molecule has 1 aliphatic heterocycles. The predicted molar refractivity (Wildman–Crippen MR) is 90.0 cm³/mol. The van der Waals surface area contributed by atoms with E-state index >= 15 is 0 Å². The Bertz CT molecular complexity index is 665. The second-order valence-corrected chi connectivity index (χ2v) is 5.93. The van der Waals surface area contributed by atoms with Gasteiger partial charge in [0.05, 0.1) is 6.04 Å². The van der Waals surface area contributed by atoms with Gasteiger partial charge in [0.25, 0.3) is 0 Å². The van der Waals surface area contributed by atoms with Crippen LogP contribution in [0.3, 0.4) is 0 Å². The Balaban J connectivity index is 1.46. The summed E-state index contributed by atoms with van der Waals surface area (Å²) in [5.74, 6) is 0.550. The Morgan fingerprint density at radius 3 is 2.50 bits per heavy atom. The Labute approximate surface area is 141 Å². The van der Waals surface area contributed by atoms with Crippen LogP contribution in [-0.4, -0.2) is 18.5 Å². The van der Waals surface area contributed by atoms with E-state index in [1.807, 2.05) is 24.3 Å². The van der Waals surface area contributed by atoms with Gasteiger partial charge in [-0.2, -0.15) is 0 Å². The van der Waals surface area contributed by atoms with Crippen molar-refractivity contribution in [3.05, 3.63) is 65.5 Å². The molecular formula is C19H21FN2O2. The number of ether oxygens (including phenoxy) is 1. The summed E-state index contributed by atoms with van der Waals surface area (Å²) in [6.45, 7) is 1.82. The molecule has 1 atom stereocenters. The van der Waals surface area contributed by atoms with Crippen LogP contribution < -0.4 is 15.4 Å². The van der Waals surface area contributed by atoms with E-state index in [0.29, 0.717) is 13.2 Å². The third-order valence-corrected chi connectivity index (χ3v) is 4.09. The second-order valence-electron chi connectivity index (χ2n) is 5.93. The lowest BCUT2D eigenvalue weighted by molar-refractivity contribution is -0.122. The van der Waals surface area contributed by atoms with Crippen LogP contribution in [0.1, 0.15) is 24.0 Å². The van der Waals surface area contributed by atoms with E-state index in [0.717, 1.165) is 36.3 Å². The Morgan fingerprint density at radius 2 is 1.83 bits per heavy atom. The van der Waals surface area contributed by atoms with E-state index in [1.54, 1.807) is 12.1 Å². The summed E-state index contributed by atoms with van der Waals surface area (Å²) in [7, 11) is 0. The molecule has 1 saturated heterocycles. The first-order valence-corrected chi connectivity index (χ1v) is 8.18. The fourth-order valence-electron chi connectivity index (χ4n) is 2.67. The molecular weight excluding hydrogens is 307 g/mol. The fourth-order valence-corrected chi connectivity index (χ4v) is 2.67. The van der Waals surface area contributed by atoms with Crippen molar-refractivity contribution in [3.63, 3.8) is 0 Å². The molecule has 1 fully saturated rings. The van der Waals surface area contributed by atoms with Gasteiger partial charge in [0.2, 0.25) is 5.91 Å². The summed E-state index contributed by atoms with van der Waals surface area (Å²) in [6.07, 6.45) is 1.96. The van der Waals surface area contributed by atoms with Gasteiger partial charge in [-0.25, -0.2) is 4.39 Å². The SMILES string of the molecule is O=C(NCc1ccc(OCc2ccc(F)cc2)cc1)C1CCCN1. The lowest BCUT2D eigenvalue weighted by atomic mass is 10.2. The van der Waals surface area contributed by atoms with E-state index in [9.17, 15) is 9.18 Å². The minimum absolute atomic E-state index is 0.0525. The minimum Gasteiger partial charge on any atom is -0.489 e. The first-order chi connectivity index (χ1) is 11.7. The van der Waals surface area contributed by atoms with Crippen molar-refractivity contribution in [1.29, 1.82) is 0 Å². The molecule has 5 heteroatoms. The van der Waals surface area contributed by atoms with Crippen LogP contribution >= 0.6 is 0 Å². The van der Waals surface area contributed by atoms with Crippen LogP contribution in [0.15, 0.2) is 48.5 Å². The van der Waals surface area contributed by atoms with Crippen LogP contribution in [0.2, 0.25) is 0 Å². The number of carbonyl (C=O) groups is 1. The maximum atomic E-state index is 12.8. The molecule has 2 aromatic carbocycles. The van der Waals surface area contributed by atoms with Gasteiger partial charge < -0.3 is 15.4 Å². The molecule has 1 unspecified atom stereocenters. The topological polar surface area (TPSA) is 50.4 Å². The zero-order valence-corrected chi connectivity index (χ0v) is 13.4. The van der Waals surface area contributed by atoms with Crippen LogP contribution in [0.4, 0.5) is 4.39 Å². The van der Waals surface area contributed by atoms with Crippen molar-refractivity contribution in [2.45, 2.75) is 32.0 Å². The van der Waals surface area contributed by atoms with Crippen molar-refractivity contribution in [2.75, 3.05) is 6.54 Å². The Morgan fingerprint density at radius 1 is 1.12 bits per heavy atom. The van der Waals surface area contributed by atoms with Crippen molar-refractivity contribution in [2.24, 2.45) is 0 Å². The highest BCUT2D eigenvalue weighted by Gasteiger charge is 2.21. The van der Waals surface area contributed by atoms with Gasteiger partial charge in [-0.1, -0.05) is 24.3 Å². The van der Waals surface area contributed by atoms with E-state index < -0.39 is 0 Å². The van der Waals surface area contributed by atoms with Crippen molar-refractivity contribution in [1.82, 2.24) is 10.6 Å². The van der Waals surface area contributed by atoms with Crippen LogP contribution in [0.5, 0.6) is 5.75 Å². The highest BCUT2D eigenvalue weighted by Crippen LogP contribution is 2.15. The van der Waals surface area contributed by atoms with Crippen LogP contribution in [0.25, 0.3) is 0 Å². The average Bonchev–Trinajstić information content (AvgIpc) is 3.15. The lowest BCUT2D eigenvalue weighted by Gasteiger charge is -2.11. The van der Waals surface area contributed by atoms with Gasteiger partial charge in [0, 0.05) is 6.54 Å². The number of nitrogens with one attached hydrogen (secondary N) is 2. The Kier molecular flexibility index (Phi) is 5.43. The molecule has 3 rings (SSSR count). The standard InChI is InChI=1S/C19H21FN2O2/c20-16-7-3-15(4-8-16)13-24-17-9-5-14(6-10-17)12-22-19(23)18-2-1-11-21-18/h3-10,18,21H,1-2,11-13H2,(H,22,23). The molecule has 4 nitrogen and oxygen atoms in total. The molecule has 0 aliphatic carbocycles. The van der Waals surface area contributed by atoms with E-state index in [4.69, 9.17) is 4.74 Å². The van der Waals surface area contributed by atoms with Gasteiger partial charge >= 0.3 is 0 Å². The van der Waals surface area contributed by atoms with Crippen LogP contribution in [-0.2, 0) is 17.9 Å². The normalized spacial score (nSPS) is 16.8. The second kappa shape index (κ2) is 7.93. The highest BCUT2D eigenvalue weighted by molar-refractivity contribution is 5.81. The molecule has 126 valence electrons. The van der Waals surface area contributed by atoms with Gasteiger partial charge in [0.15, 0.2) is 0 Å². The van der Waals surface area contributed by atoms with Crippen molar-refractivity contribution < 1.29 is 13.9 Å². The molecule has 2 aromatic rings. The molecule has 0 bridgehead atoms. The third-order valence-electron chi connectivity index (χ3n) is 4.09. The third kappa shape index (κ3) is 4.55. The largest absolute Gasteiger partial charge is 0.489 e. The monoisotopic (exact) mass is 328 g/mol. The van der Waals surface area contributed by atoms with Crippen molar-refractivity contribution in [3.8, 4) is 5.75 Å². The predicted octanol–water partition coefficient (Wildman–Crippen LogP) is 2.77. The number of rotatable bonds is 6. The maximum absolute atomic E-state index is 12.8. The molecule has 1 heterocycles. The average molecular weight is 328 g/mol. The van der Waals surface area contributed by atoms with Gasteiger partial charge in [-0.3, -0.25) is 4.79 Å². The summed E-state index contributed by atoms with van der Waals surface area (Å²) in [5, 5.41) is 6.13. The van der Waals surface area contributed by atoms with Gasteiger partial charge in [-0.15, -0.1) is 0 Å². The molecule has 0 radical (unpaired) electrons. The smallest absolute Gasteiger partial charge is 0.237 e. The number of hydrogen-bond acceptors (Lipinski definition) is 3. The molecule has 0 aromatic heterocycles. The summed E-state index contributed by atoms with van der Waals surface area (Å²) in [5.41, 5.74) is 1.94. The van der Waals surface area contributed by atoms with Crippen molar-refractivity contribution >= 4 is 5.91 Å². The molecule has 1 aliphatic rings. The summed E-state index contributed by atoms with van der Waals surface area (Å²) >= 11 is 0. The minimum atomic E-state index is -0.252. The highest BCUT2D eigenvalue weighted by atomic mass is 19.1. The first-order valence-electron chi connectivity index (χ1n) is 8.18. The van der Waals surface area contributed by atoms with Crippen LogP contribution in [0, 0.1) is 5.82 Å². The Hall–Kier alpha value is -2.40. The number of benzene rings is 2. The quantitative estimate of drug-likeness (QED) is 0.857. The number of carbonyl (C=O) groups excluding carboxylic acids is 1. The maximum Gasteiger partial charge on any atom is 0.237 e. The first kappa shape index (κ1) is 16.5. The van der Waals surface area contributed by atoms with E-state index in [1.165, 1.54) is 12.1 Å². The zero-order valence-electron chi connectivity index (χ0n) is 13.4. The summed E-state index contributed by atoms with van der Waals surface area (Å²) in [6, 6.07) is 13.8.